The summed E-state index contributed by atoms with van der Waals surface area (Å²) in [6.45, 7) is 1.48. The predicted octanol–water partition coefficient (Wildman–Crippen LogP) is -4.81. The van der Waals surface area contributed by atoms with E-state index in [1.807, 2.05) is 6.08 Å². The third-order valence-corrected chi connectivity index (χ3v) is 7.46. The van der Waals surface area contributed by atoms with Gasteiger partial charge in [0, 0.05) is 24.5 Å². The van der Waals surface area contributed by atoms with Gasteiger partial charge in [0.1, 0.15) is 29.7 Å². The van der Waals surface area contributed by atoms with Crippen LogP contribution in [0.25, 0.3) is 0 Å². The summed E-state index contributed by atoms with van der Waals surface area (Å²) in [5.41, 5.74) is 11.5. The van der Waals surface area contributed by atoms with Gasteiger partial charge in [0.15, 0.2) is 6.29 Å². The molecule has 14 heteroatoms. The molecule has 3 aliphatic rings. The zero-order valence-electron chi connectivity index (χ0n) is 21.3. The Morgan fingerprint density at radius 3 is 2.68 bits per heavy atom. The standard InChI is InChI=1S/C23H43N5O9/c1-23(34)9-35-22(18(33)21(23)26-2)37-20-15(28-10-30)5-14(25)16(17(20)32)19-13(24)4-3-12(36-19)7-27-6-11(31)8-29/h3,10-11,13-22,26-27,29,31-34H,4-9,24-25H2,1-2H3,(H,28,30). The van der Waals surface area contributed by atoms with Gasteiger partial charge in [0.25, 0.3) is 0 Å². The normalized spacial score (nSPS) is 43.4. The Morgan fingerprint density at radius 2 is 2.03 bits per heavy atom. The third kappa shape index (κ3) is 6.96. The largest absolute Gasteiger partial charge is 0.492 e. The van der Waals surface area contributed by atoms with E-state index in [1.54, 1.807) is 7.05 Å². The number of likely N-dealkylation sites (N-methyl/N-ethyl adjacent to an activating group) is 1. The molecule has 0 aromatic rings. The fraction of sp³-hybridized carbons (Fsp3) is 0.870. The molecule has 2 fully saturated rings. The highest BCUT2D eigenvalue weighted by molar-refractivity contribution is 5.47. The molecule has 14 nitrogen and oxygen atoms in total. The quantitative estimate of drug-likeness (QED) is 0.112. The van der Waals surface area contributed by atoms with E-state index in [9.17, 15) is 25.2 Å². The van der Waals surface area contributed by atoms with Crippen LogP contribution in [0.3, 0.4) is 0 Å². The fourth-order valence-electron chi connectivity index (χ4n) is 5.50. The van der Waals surface area contributed by atoms with E-state index >= 15 is 0 Å². The summed E-state index contributed by atoms with van der Waals surface area (Å²) in [5, 5.41) is 59.8. The van der Waals surface area contributed by atoms with Gasteiger partial charge in [-0.1, -0.05) is 0 Å². The molecule has 0 bridgehead atoms. The molecule has 1 aliphatic carbocycles. The van der Waals surface area contributed by atoms with Gasteiger partial charge in [-0.05, 0) is 32.9 Å². The van der Waals surface area contributed by atoms with E-state index in [2.05, 4.69) is 16.0 Å². The van der Waals surface area contributed by atoms with Crippen molar-refractivity contribution in [1.29, 1.82) is 0 Å². The first-order chi connectivity index (χ1) is 17.5. The Bertz CT molecular complexity index is 775. The molecule has 0 aromatic carbocycles. The van der Waals surface area contributed by atoms with Crippen LogP contribution in [-0.4, -0.2) is 132 Å². The van der Waals surface area contributed by atoms with Gasteiger partial charge in [-0.2, -0.15) is 0 Å². The van der Waals surface area contributed by atoms with Crippen molar-refractivity contribution in [2.45, 2.75) is 86.3 Å². The minimum Gasteiger partial charge on any atom is -0.492 e. The van der Waals surface area contributed by atoms with Gasteiger partial charge >= 0.3 is 0 Å². The summed E-state index contributed by atoms with van der Waals surface area (Å²) in [5.74, 6) is -0.118. The predicted molar refractivity (Wildman–Crippen MR) is 131 cm³/mol. The maximum absolute atomic E-state index is 11.5. The van der Waals surface area contributed by atoms with Crippen molar-refractivity contribution in [2.24, 2.45) is 17.4 Å². The van der Waals surface area contributed by atoms with Crippen LogP contribution in [0.2, 0.25) is 0 Å². The highest BCUT2D eigenvalue weighted by Crippen LogP contribution is 2.36. The second-order valence-electron chi connectivity index (χ2n) is 10.4. The lowest BCUT2D eigenvalue weighted by Crippen LogP contribution is -2.69. The van der Waals surface area contributed by atoms with E-state index in [4.69, 9.17) is 30.8 Å². The number of rotatable bonds is 11. The topological polar surface area (TPSA) is 234 Å². The van der Waals surface area contributed by atoms with Crippen molar-refractivity contribution in [3.8, 4) is 0 Å². The lowest BCUT2D eigenvalue weighted by molar-refractivity contribution is -0.297. The van der Waals surface area contributed by atoms with Crippen molar-refractivity contribution in [1.82, 2.24) is 16.0 Å². The number of ether oxygens (including phenoxy) is 3. The molecule has 12 N–H and O–H groups in total. The van der Waals surface area contributed by atoms with E-state index in [0.29, 0.717) is 18.6 Å². The minimum absolute atomic E-state index is 0.124. The summed E-state index contributed by atoms with van der Waals surface area (Å²) < 4.78 is 17.8. The highest BCUT2D eigenvalue weighted by atomic mass is 16.7. The molecule has 0 aromatic heterocycles. The van der Waals surface area contributed by atoms with Gasteiger partial charge in [-0.25, -0.2) is 0 Å². The number of nitrogens with two attached hydrogens (primary N) is 2. The first-order valence-electron chi connectivity index (χ1n) is 12.6. The average Bonchev–Trinajstić information content (AvgIpc) is 2.84. The second kappa shape index (κ2) is 13.1. The van der Waals surface area contributed by atoms with Crippen LogP contribution in [0.5, 0.6) is 0 Å². The monoisotopic (exact) mass is 533 g/mol. The zero-order chi connectivity index (χ0) is 27.3. The van der Waals surface area contributed by atoms with Crippen LogP contribution in [0.15, 0.2) is 11.8 Å². The van der Waals surface area contributed by atoms with Crippen LogP contribution in [-0.2, 0) is 19.0 Å². The van der Waals surface area contributed by atoms with Crippen molar-refractivity contribution >= 4 is 6.41 Å². The number of nitrogens with one attached hydrogen (secondary N) is 3. The van der Waals surface area contributed by atoms with Crippen LogP contribution in [0, 0.1) is 5.92 Å². The number of aliphatic hydroxyl groups is 5. The van der Waals surface area contributed by atoms with Crippen LogP contribution in [0.1, 0.15) is 19.8 Å². The maximum Gasteiger partial charge on any atom is 0.207 e. The van der Waals surface area contributed by atoms with Crippen molar-refractivity contribution < 1.29 is 44.5 Å². The maximum atomic E-state index is 11.5. The molecular formula is C23H43N5O9. The molecule has 12 unspecified atom stereocenters. The molecule has 1 saturated carbocycles. The molecular weight excluding hydrogens is 490 g/mol. The lowest BCUT2D eigenvalue weighted by Gasteiger charge is -2.50. The van der Waals surface area contributed by atoms with Crippen molar-refractivity contribution in [3.05, 3.63) is 11.8 Å². The Morgan fingerprint density at radius 1 is 1.30 bits per heavy atom. The van der Waals surface area contributed by atoms with Gasteiger partial charge < -0.3 is 67.2 Å². The number of hydrogen-bond donors (Lipinski definition) is 10. The first-order valence-corrected chi connectivity index (χ1v) is 12.6. The molecule has 12 atom stereocenters. The third-order valence-electron chi connectivity index (χ3n) is 7.46. The number of aliphatic hydroxyl groups excluding tert-OH is 4. The number of hydrogen-bond acceptors (Lipinski definition) is 13. The van der Waals surface area contributed by atoms with Gasteiger partial charge in [-0.15, -0.1) is 0 Å². The van der Waals surface area contributed by atoms with Crippen LogP contribution in [0.4, 0.5) is 0 Å². The molecule has 2 heterocycles. The zero-order valence-corrected chi connectivity index (χ0v) is 21.3. The molecule has 214 valence electrons. The van der Waals surface area contributed by atoms with E-state index in [1.165, 1.54) is 6.92 Å². The minimum atomic E-state index is -1.35. The van der Waals surface area contributed by atoms with Gasteiger partial charge in [0.2, 0.25) is 6.41 Å². The summed E-state index contributed by atoms with van der Waals surface area (Å²) in [7, 11) is 1.60. The lowest BCUT2D eigenvalue weighted by atomic mass is 9.72. The summed E-state index contributed by atoms with van der Waals surface area (Å²) >= 11 is 0. The molecule has 0 radical (unpaired) electrons. The Labute approximate surface area is 216 Å². The number of carbonyl (C=O) groups excluding carboxylic acids is 1. The molecule has 0 spiro atoms. The smallest absolute Gasteiger partial charge is 0.207 e. The van der Waals surface area contributed by atoms with Crippen LogP contribution < -0.4 is 27.4 Å². The van der Waals surface area contributed by atoms with Crippen molar-refractivity contribution in [3.63, 3.8) is 0 Å². The first kappa shape index (κ1) is 30.1. The van der Waals surface area contributed by atoms with E-state index in [-0.39, 0.29) is 32.7 Å². The van der Waals surface area contributed by atoms with Gasteiger partial charge in [0.05, 0.1) is 44.1 Å². The summed E-state index contributed by atoms with van der Waals surface area (Å²) in [4.78, 5) is 11.3. The van der Waals surface area contributed by atoms with Crippen LogP contribution >= 0.6 is 0 Å². The fourth-order valence-corrected chi connectivity index (χ4v) is 5.50. The molecule has 1 saturated heterocycles. The molecule has 3 rings (SSSR count). The second-order valence-corrected chi connectivity index (χ2v) is 10.4. The SMILES string of the molecule is CNC1C(O)C(OC2C(NC=O)CC(N)C(C3OC(CNCC(O)CO)=CCC3N)C2O)OCC1(C)O. The number of carbonyl (C=O) groups is 1. The van der Waals surface area contributed by atoms with E-state index in [0.717, 1.165) is 0 Å². The molecule has 2 aliphatic heterocycles. The van der Waals surface area contributed by atoms with Gasteiger partial charge in [-0.3, -0.25) is 4.79 Å². The number of amides is 1. The molecule has 1 amide bonds. The Hall–Kier alpha value is -1.43. The van der Waals surface area contributed by atoms with E-state index < -0.39 is 72.5 Å². The Balaban J connectivity index is 1.75. The van der Waals surface area contributed by atoms with Crippen molar-refractivity contribution in [2.75, 3.05) is 33.4 Å². The molecule has 37 heavy (non-hydrogen) atoms. The summed E-state index contributed by atoms with van der Waals surface area (Å²) in [6, 6.07) is -2.52. The summed E-state index contributed by atoms with van der Waals surface area (Å²) in [6.07, 6.45) is -3.28. The Kier molecular flexibility index (Phi) is 10.6. The highest BCUT2D eigenvalue weighted by Gasteiger charge is 2.53. The average molecular weight is 534 g/mol.